The van der Waals surface area contributed by atoms with Crippen LogP contribution in [0.4, 0.5) is 4.79 Å². The number of carbonyl (C=O) groups is 1. The van der Waals surface area contributed by atoms with Gasteiger partial charge in [-0.25, -0.2) is 4.79 Å². The summed E-state index contributed by atoms with van der Waals surface area (Å²) in [5.74, 6) is 0. The van der Waals surface area contributed by atoms with Gasteiger partial charge in [0.25, 0.3) is 0 Å². The fourth-order valence-electron chi connectivity index (χ4n) is 4.90. The second-order valence-corrected chi connectivity index (χ2v) is 8.01. The first-order chi connectivity index (χ1) is 13.1. The fraction of sp³-hybridized carbons (Fsp3) is 0.667. The third kappa shape index (κ3) is 3.58. The van der Waals surface area contributed by atoms with Crippen molar-refractivity contribution in [3.05, 3.63) is 35.4 Å². The maximum absolute atomic E-state index is 12.0. The molecule has 27 heavy (non-hydrogen) atoms. The van der Waals surface area contributed by atoms with Crippen molar-refractivity contribution in [2.45, 2.75) is 68.9 Å². The first-order valence-electron chi connectivity index (χ1n) is 10.1. The van der Waals surface area contributed by atoms with Crippen molar-refractivity contribution >= 4 is 6.09 Å². The molecule has 2 atom stereocenters. The number of methoxy groups -OCH3 is 1. The topological polar surface area (TPSA) is 74.0 Å². The molecule has 0 aromatic heterocycles. The van der Waals surface area contributed by atoms with E-state index < -0.39 is 0 Å². The van der Waals surface area contributed by atoms with Crippen LogP contribution >= 0.6 is 0 Å². The Labute approximate surface area is 160 Å². The number of ether oxygens (including phenoxy) is 3. The Morgan fingerprint density at radius 3 is 2.85 bits per heavy atom. The van der Waals surface area contributed by atoms with Gasteiger partial charge in [0.05, 0.1) is 38.1 Å². The second-order valence-electron chi connectivity index (χ2n) is 8.01. The van der Waals surface area contributed by atoms with E-state index in [1.807, 2.05) is 0 Å². The molecule has 2 heterocycles. The fourth-order valence-corrected chi connectivity index (χ4v) is 4.90. The zero-order chi connectivity index (χ0) is 18.9. The van der Waals surface area contributed by atoms with Crippen LogP contribution in [-0.4, -0.2) is 49.4 Å². The molecule has 0 bridgehead atoms. The van der Waals surface area contributed by atoms with Gasteiger partial charge in [-0.2, -0.15) is 0 Å². The molecule has 2 N–H and O–H groups in total. The van der Waals surface area contributed by atoms with Crippen molar-refractivity contribution < 1.29 is 19.0 Å². The van der Waals surface area contributed by atoms with E-state index >= 15 is 0 Å². The van der Waals surface area contributed by atoms with Crippen LogP contribution in [0.2, 0.25) is 0 Å². The van der Waals surface area contributed by atoms with Crippen molar-refractivity contribution in [3.8, 4) is 0 Å². The number of hydrogen-bond acceptors (Lipinski definition) is 5. The van der Waals surface area contributed by atoms with Crippen LogP contribution in [0, 0.1) is 0 Å². The minimum atomic E-state index is -0.308. The average molecular weight is 374 g/mol. The monoisotopic (exact) mass is 374 g/mol. The summed E-state index contributed by atoms with van der Waals surface area (Å²) in [6.07, 6.45) is 5.61. The number of amides is 1. The molecule has 1 amide bonds. The van der Waals surface area contributed by atoms with E-state index in [-0.39, 0.29) is 29.9 Å². The van der Waals surface area contributed by atoms with Gasteiger partial charge >= 0.3 is 6.09 Å². The highest BCUT2D eigenvalue weighted by molar-refractivity contribution is 5.68. The Morgan fingerprint density at radius 2 is 2.07 bits per heavy atom. The van der Waals surface area contributed by atoms with Crippen LogP contribution in [0.5, 0.6) is 0 Å². The van der Waals surface area contributed by atoms with Crippen LogP contribution in [-0.2, 0) is 26.4 Å². The van der Waals surface area contributed by atoms with Gasteiger partial charge in [0.1, 0.15) is 0 Å². The lowest BCUT2D eigenvalue weighted by Crippen LogP contribution is -2.56. The predicted molar refractivity (Wildman–Crippen MR) is 101 cm³/mol. The molecule has 1 saturated carbocycles. The minimum absolute atomic E-state index is 0.0576. The Kier molecular flexibility index (Phi) is 5.39. The molecule has 2 fully saturated rings. The first-order valence-corrected chi connectivity index (χ1v) is 10.1. The highest BCUT2D eigenvalue weighted by atomic mass is 16.5. The van der Waals surface area contributed by atoms with Gasteiger partial charge in [-0.05, 0) is 49.7 Å². The molecule has 1 aromatic rings. The zero-order valence-corrected chi connectivity index (χ0v) is 16.1. The van der Waals surface area contributed by atoms with Crippen molar-refractivity contribution in [2.24, 2.45) is 5.73 Å². The Balaban J connectivity index is 1.34. The Hall–Kier alpha value is -1.63. The van der Waals surface area contributed by atoms with Crippen LogP contribution in [0.1, 0.15) is 49.7 Å². The summed E-state index contributed by atoms with van der Waals surface area (Å²) in [5.41, 5.74) is 8.82. The van der Waals surface area contributed by atoms with Gasteiger partial charge in [0, 0.05) is 12.6 Å². The van der Waals surface area contributed by atoms with E-state index in [2.05, 4.69) is 24.3 Å². The normalized spacial score (nSPS) is 33.1. The minimum Gasteiger partial charge on any atom is -0.453 e. The van der Waals surface area contributed by atoms with Gasteiger partial charge in [-0.1, -0.05) is 24.3 Å². The summed E-state index contributed by atoms with van der Waals surface area (Å²) < 4.78 is 17.4. The van der Waals surface area contributed by atoms with E-state index in [4.69, 9.17) is 19.9 Å². The highest BCUT2D eigenvalue weighted by Crippen LogP contribution is 2.47. The van der Waals surface area contributed by atoms with Crippen molar-refractivity contribution in [2.75, 3.05) is 20.3 Å². The molecule has 2 aliphatic heterocycles. The summed E-state index contributed by atoms with van der Waals surface area (Å²) in [4.78, 5) is 13.8. The molecule has 1 aromatic carbocycles. The van der Waals surface area contributed by atoms with E-state index in [9.17, 15) is 4.79 Å². The Morgan fingerprint density at radius 1 is 1.30 bits per heavy atom. The molecular weight excluding hydrogens is 344 g/mol. The zero-order valence-electron chi connectivity index (χ0n) is 16.1. The second kappa shape index (κ2) is 7.78. The van der Waals surface area contributed by atoms with E-state index in [0.29, 0.717) is 19.8 Å². The van der Waals surface area contributed by atoms with Crippen molar-refractivity contribution in [1.82, 2.24) is 4.90 Å². The smallest absolute Gasteiger partial charge is 0.409 e. The number of piperidine rings is 1. The average Bonchev–Trinajstić information content (AvgIpc) is 3.06. The van der Waals surface area contributed by atoms with Gasteiger partial charge in [0.15, 0.2) is 0 Å². The quantitative estimate of drug-likeness (QED) is 0.881. The number of rotatable bonds is 3. The molecular formula is C21H30N2O4. The molecule has 6 nitrogen and oxygen atoms in total. The Bertz CT molecular complexity index is 672. The van der Waals surface area contributed by atoms with Gasteiger partial charge in [-0.3, -0.25) is 0 Å². The first kappa shape index (κ1) is 18.7. The lowest BCUT2D eigenvalue weighted by Gasteiger charge is -2.41. The van der Waals surface area contributed by atoms with E-state index in [1.165, 1.54) is 18.2 Å². The maximum Gasteiger partial charge on any atom is 0.409 e. The molecule has 1 saturated heterocycles. The predicted octanol–water partition coefficient (Wildman–Crippen LogP) is 2.93. The number of benzene rings is 1. The standard InChI is InChI=1S/C21H30N2O4/c1-25-20(24)23-12-4-7-18(22)19(23)14-26-16-8-10-21(11-9-16)17-6-3-2-5-15(17)13-27-21/h2-3,5-6,16,18-19H,4,7-14,22H2,1H3/t16-,18-,19-,21-/m0/s1. The SMILES string of the molecule is COC(=O)N1CCC[C@H](N)[C@@H]1CO[C@H]1CC[C@@]2(CC1)OCc1ccccc12. The third-order valence-electron chi connectivity index (χ3n) is 6.50. The largest absolute Gasteiger partial charge is 0.453 e. The molecule has 6 heteroatoms. The molecule has 3 aliphatic rings. The molecule has 148 valence electrons. The lowest BCUT2D eigenvalue weighted by molar-refractivity contribution is -0.102. The number of nitrogens with two attached hydrogens (primary N) is 1. The van der Waals surface area contributed by atoms with Crippen LogP contribution in [0.25, 0.3) is 0 Å². The van der Waals surface area contributed by atoms with Crippen LogP contribution in [0.15, 0.2) is 24.3 Å². The number of fused-ring (bicyclic) bond motifs is 2. The highest BCUT2D eigenvalue weighted by Gasteiger charge is 2.43. The summed E-state index contributed by atoms with van der Waals surface area (Å²) >= 11 is 0. The van der Waals surface area contributed by atoms with Crippen molar-refractivity contribution in [1.29, 1.82) is 0 Å². The van der Waals surface area contributed by atoms with Crippen LogP contribution in [0.3, 0.4) is 0 Å². The summed E-state index contributed by atoms with van der Waals surface area (Å²) in [6.45, 7) is 1.88. The molecule has 1 spiro atoms. The maximum atomic E-state index is 12.0. The van der Waals surface area contributed by atoms with Gasteiger partial charge in [0.2, 0.25) is 0 Å². The third-order valence-corrected chi connectivity index (χ3v) is 6.50. The summed E-state index contributed by atoms with van der Waals surface area (Å²) in [7, 11) is 1.42. The van der Waals surface area contributed by atoms with Gasteiger partial charge < -0.3 is 24.8 Å². The van der Waals surface area contributed by atoms with Crippen LogP contribution < -0.4 is 5.73 Å². The number of likely N-dealkylation sites (tertiary alicyclic amines) is 1. The van der Waals surface area contributed by atoms with Crippen molar-refractivity contribution in [3.63, 3.8) is 0 Å². The lowest BCUT2D eigenvalue weighted by atomic mass is 9.78. The molecule has 0 unspecified atom stereocenters. The molecule has 4 rings (SSSR count). The summed E-state index contributed by atoms with van der Waals surface area (Å²) in [6, 6.07) is 8.39. The number of nitrogens with zero attached hydrogens (tertiary/aromatic N) is 1. The molecule has 1 aliphatic carbocycles. The number of carbonyl (C=O) groups excluding carboxylic acids is 1. The van der Waals surface area contributed by atoms with E-state index in [0.717, 1.165) is 38.5 Å². The van der Waals surface area contributed by atoms with Gasteiger partial charge in [-0.15, -0.1) is 0 Å². The summed E-state index contributed by atoms with van der Waals surface area (Å²) in [5, 5.41) is 0. The number of hydrogen-bond donors (Lipinski definition) is 1. The van der Waals surface area contributed by atoms with E-state index in [1.54, 1.807) is 4.90 Å². The molecule has 0 radical (unpaired) electrons.